The number of furan rings is 1. The Labute approximate surface area is 361 Å². The first-order chi connectivity index (χ1) is 29.5. The van der Waals surface area contributed by atoms with Crippen LogP contribution in [0.1, 0.15) is 101 Å². The molecular weight excluding hydrogens is 739 g/mol. The van der Waals surface area contributed by atoms with Gasteiger partial charge in [-0.05, 0) is 142 Å². The van der Waals surface area contributed by atoms with Crippen molar-refractivity contribution < 1.29 is 4.42 Å². The summed E-state index contributed by atoms with van der Waals surface area (Å²) < 4.78 is 6.61. The van der Waals surface area contributed by atoms with Gasteiger partial charge < -0.3 is 9.32 Å². The van der Waals surface area contributed by atoms with Crippen LogP contribution in [-0.2, 0) is 16.2 Å². The maximum Gasteiger partial charge on any atom is 0.143 e. The Balaban J connectivity index is 1.08. The SMILES string of the molecule is CC1(C)c2ccccc2-c2ccc(N(c3cccc(-c4cccc5c4oc4ccccc45)c3)c3ccc4c(c3)C(C)(C)c3ccccc3C43[C@H]4C[C@@H](C)C[C@@H]3C[C@@H](C)C4)cc21. The van der Waals surface area contributed by atoms with E-state index in [-0.39, 0.29) is 16.2 Å². The van der Waals surface area contributed by atoms with Crippen LogP contribution in [0.4, 0.5) is 17.1 Å². The normalized spacial score (nSPS) is 24.0. The highest BCUT2D eigenvalue weighted by molar-refractivity contribution is 6.09. The number of fused-ring (bicyclic) bond motifs is 8. The summed E-state index contributed by atoms with van der Waals surface area (Å²) in [5.41, 5.74) is 19.1. The van der Waals surface area contributed by atoms with Crippen LogP contribution >= 0.6 is 0 Å². The lowest BCUT2D eigenvalue weighted by Gasteiger charge is -2.61. The molecule has 12 rings (SSSR count). The van der Waals surface area contributed by atoms with Gasteiger partial charge in [-0.25, -0.2) is 0 Å². The van der Waals surface area contributed by atoms with Gasteiger partial charge in [-0.15, -0.1) is 0 Å². The van der Waals surface area contributed by atoms with Crippen molar-refractivity contribution in [2.75, 3.05) is 4.90 Å². The van der Waals surface area contributed by atoms with Gasteiger partial charge in [0, 0.05) is 49.6 Å². The molecule has 0 radical (unpaired) electrons. The monoisotopic (exact) mass is 793 g/mol. The average Bonchev–Trinajstić information content (AvgIpc) is 3.75. The summed E-state index contributed by atoms with van der Waals surface area (Å²) in [6.07, 6.45) is 5.23. The van der Waals surface area contributed by atoms with Crippen molar-refractivity contribution in [2.45, 2.75) is 83.5 Å². The lowest BCUT2D eigenvalue weighted by atomic mass is 9.42. The first-order valence-electron chi connectivity index (χ1n) is 22.9. The summed E-state index contributed by atoms with van der Waals surface area (Å²) in [5, 5.41) is 2.30. The first-order valence-corrected chi connectivity index (χ1v) is 22.9. The molecule has 0 unspecified atom stereocenters. The molecule has 0 amide bonds. The van der Waals surface area contributed by atoms with E-state index in [0.29, 0.717) is 11.8 Å². The number of anilines is 3. The molecule has 2 fully saturated rings. The molecule has 0 atom stereocenters. The zero-order valence-corrected chi connectivity index (χ0v) is 36.4. The maximum absolute atomic E-state index is 6.61. The molecule has 0 aliphatic heterocycles. The van der Waals surface area contributed by atoms with E-state index >= 15 is 0 Å². The number of hydrogen-bond acceptors (Lipinski definition) is 2. The van der Waals surface area contributed by atoms with Gasteiger partial charge >= 0.3 is 0 Å². The first kappa shape index (κ1) is 36.9. The zero-order valence-electron chi connectivity index (χ0n) is 36.4. The predicted molar refractivity (Wildman–Crippen MR) is 255 cm³/mol. The van der Waals surface area contributed by atoms with E-state index in [9.17, 15) is 0 Å². The number of nitrogens with zero attached hydrogens (tertiary/aromatic N) is 1. The highest BCUT2D eigenvalue weighted by atomic mass is 16.3. The Morgan fingerprint density at radius 3 is 1.75 bits per heavy atom. The quantitative estimate of drug-likeness (QED) is 0.176. The predicted octanol–water partition coefficient (Wildman–Crippen LogP) is 16.0. The highest BCUT2D eigenvalue weighted by Gasteiger charge is 2.59. The van der Waals surface area contributed by atoms with Gasteiger partial charge in [0.25, 0.3) is 0 Å². The molecule has 2 bridgehead atoms. The molecule has 61 heavy (non-hydrogen) atoms. The second-order valence-corrected chi connectivity index (χ2v) is 20.4. The van der Waals surface area contributed by atoms with Crippen molar-refractivity contribution >= 4 is 39.0 Å². The van der Waals surface area contributed by atoms with Crippen LogP contribution < -0.4 is 4.90 Å². The number of para-hydroxylation sites is 2. The molecule has 1 aromatic heterocycles. The van der Waals surface area contributed by atoms with Gasteiger partial charge in [0.1, 0.15) is 11.2 Å². The van der Waals surface area contributed by atoms with Crippen molar-refractivity contribution in [3.8, 4) is 22.3 Å². The van der Waals surface area contributed by atoms with E-state index in [0.717, 1.165) is 50.6 Å². The smallest absolute Gasteiger partial charge is 0.143 e. The summed E-state index contributed by atoms with van der Waals surface area (Å²) in [4.78, 5) is 2.54. The summed E-state index contributed by atoms with van der Waals surface area (Å²) in [5.74, 6) is 2.81. The highest BCUT2D eigenvalue weighted by Crippen LogP contribution is 2.65. The lowest BCUT2D eigenvalue weighted by molar-refractivity contribution is 0.0233. The molecule has 0 saturated heterocycles. The van der Waals surface area contributed by atoms with Crippen LogP contribution in [0.25, 0.3) is 44.2 Å². The molecule has 2 nitrogen and oxygen atoms in total. The van der Waals surface area contributed by atoms with E-state index in [4.69, 9.17) is 4.42 Å². The average molecular weight is 794 g/mol. The van der Waals surface area contributed by atoms with Crippen LogP contribution in [-0.4, -0.2) is 0 Å². The van der Waals surface area contributed by atoms with Crippen LogP contribution in [0.3, 0.4) is 0 Å². The largest absolute Gasteiger partial charge is 0.455 e. The Bertz CT molecular complexity index is 3040. The third-order valence-electron chi connectivity index (χ3n) is 16.1. The summed E-state index contributed by atoms with van der Waals surface area (Å²) in [6.45, 7) is 14.8. The van der Waals surface area contributed by atoms with Crippen LogP contribution in [0, 0.1) is 23.7 Å². The van der Waals surface area contributed by atoms with Gasteiger partial charge in [0.2, 0.25) is 0 Å². The zero-order chi connectivity index (χ0) is 41.4. The van der Waals surface area contributed by atoms with Gasteiger partial charge in [0.15, 0.2) is 0 Å². The van der Waals surface area contributed by atoms with E-state index in [1.54, 1.807) is 11.1 Å². The molecule has 1 spiro atoms. The van der Waals surface area contributed by atoms with Crippen molar-refractivity contribution in [3.05, 3.63) is 185 Å². The molecule has 4 aliphatic carbocycles. The molecule has 302 valence electrons. The van der Waals surface area contributed by atoms with Crippen molar-refractivity contribution in [2.24, 2.45) is 23.7 Å². The lowest BCUT2D eigenvalue weighted by Crippen LogP contribution is -2.55. The van der Waals surface area contributed by atoms with Crippen molar-refractivity contribution in [1.29, 1.82) is 0 Å². The number of benzene rings is 7. The van der Waals surface area contributed by atoms with Crippen LogP contribution in [0.15, 0.2) is 156 Å². The second-order valence-electron chi connectivity index (χ2n) is 20.4. The summed E-state index contributed by atoms with van der Waals surface area (Å²) in [7, 11) is 0. The van der Waals surface area contributed by atoms with Gasteiger partial charge in [-0.2, -0.15) is 0 Å². The fraction of sp³-hybridized carbons (Fsp3) is 0.288. The van der Waals surface area contributed by atoms with Crippen LogP contribution in [0.5, 0.6) is 0 Å². The Morgan fingerprint density at radius 1 is 0.443 bits per heavy atom. The molecule has 1 heterocycles. The van der Waals surface area contributed by atoms with Gasteiger partial charge in [-0.3, -0.25) is 0 Å². The molecule has 0 N–H and O–H groups in total. The molecule has 4 aliphatic rings. The fourth-order valence-corrected chi connectivity index (χ4v) is 13.6. The van der Waals surface area contributed by atoms with E-state index in [2.05, 4.69) is 198 Å². The van der Waals surface area contributed by atoms with Crippen molar-refractivity contribution in [3.63, 3.8) is 0 Å². The standard InChI is InChI=1S/C59H55NO/c1-36-29-39-31-37(2)32-40(30-36)59(39)51-23-11-10-22-50(51)58(5,6)54-35-43(26-28-52(54)59)60(42-25-27-46-45-17-7-9-21-49(45)57(3,4)53(46)34-42)41-16-13-15-38(33-41)44-19-14-20-48-47-18-8-12-24-55(47)61-56(44)48/h7-28,33-37,39-40H,29-32H2,1-6H3/t36-,37+,39+,40-,59?. The Kier molecular flexibility index (Phi) is 7.92. The Hall–Kier alpha value is -5.86. The van der Waals surface area contributed by atoms with E-state index < -0.39 is 0 Å². The number of hydrogen-bond donors (Lipinski definition) is 0. The second kappa shape index (κ2) is 13.1. The maximum atomic E-state index is 6.61. The molecular formula is C59H55NO. The fourth-order valence-electron chi connectivity index (χ4n) is 13.6. The van der Waals surface area contributed by atoms with E-state index in [1.807, 2.05) is 0 Å². The van der Waals surface area contributed by atoms with Gasteiger partial charge in [0.05, 0.1) is 0 Å². The minimum Gasteiger partial charge on any atom is -0.455 e. The van der Waals surface area contributed by atoms with Crippen LogP contribution in [0.2, 0.25) is 0 Å². The molecule has 2 heteroatoms. The molecule has 7 aromatic carbocycles. The molecule has 2 saturated carbocycles. The summed E-state index contributed by atoms with van der Waals surface area (Å²) in [6, 6.07) is 57.6. The van der Waals surface area contributed by atoms with Gasteiger partial charge in [-0.1, -0.05) is 151 Å². The molecule has 8 aromatic rings. The third-order valence-corrected chi connectivity index (χ3v) is 16.1. The minimum absolute atomic E-state index is 0.0401. The Morgan fingerprint density at radius 2 is 0.984 bits per heavy atom. The number of rotatable bonds is 4. The minimum atomic E-state index is -0.164. The topological polar surface area (TPSA) is 16.4 Å². The van der Waals surface area contributed by atoms with Crippen molar-refractivity contribution in [1.82, 2.24) is 0 Å². The summed E-state index contributed by atoms with van der Waals surface area (Å²) >= 11 is 0. The third kappa shape index (κ3) is 5.14. The van der Waals surface area contributed by atoms with E-state index in [1.165, 1.54) is 70.4 Å².